The van der Waals surface area contributed by atoms with Gasteiger partial charge in [0.1, 0.15) is 10.7 Å². The van der Waals surface area contributed by atoms with Crippen LogP contribution in [0.4, 0.5) is 5.82 Å². The van der Waals surface area contributed by atoms with Crippen LogP contribution in [0.15, 0.2) is 40.4 Å². The molecule has 0 radical (unpaired) electrons. The van der Waals surface area contributed by atoms with Crippen LogP contribution in [-0.4, -0.2) is 25.7 Å². The molecule has 0 aliphatic heterocycles. The van der Waals surface area contributed by atoms with Crippen LogP contribution in [0.3, 0.4) is 0 Å². The van der Waals surface area contributed by atoms with Crippen molar-refractivity contribution in [3.05, 3.63) is 51.0 Å². The van der Waals surface area contributed by atoms with Gasteiger partial charge in [0.05, 0.1) is 5.69 Å². The van der Waals surface area contributed by atoms with Crippen molar-refractivity contribution in [1.29, 1.82) is 0 Å². The van der Waals surface area contributed by atoms with Gasteiger partial charge in [-0.3, -0.25) is 4.79 Å². The Labute approximate surface area is 152 Å². The molecule has 0 fully saturated rings. The van der Waals surface area contributed by atoms with E-state index in [1.54, 1.807) is 23.1 Å². The molecule has 0 saturated heterocycles. The fourth-order valence-electron chi connectivity index (χ4n) is 2.02. The quantitative estimate of drug-likeness (QED) is 0.713. The van der Waals surface area contributed by atoms with Crippen LogP contribution in [0.5, 0.6) is 0 Å². The van der Waals surface area contributed by atoms with Crippen LogP contribution in [0.25, 0.3) is 5.95 Å². The first-order valence-electron chi connectivity index (χ1n) is 7.28. The van der Waals surface area contributed by atoms with Crippen molar-refractivity contribution in [1.82, 2.24) is 19.7 Å². The third-order valence-corrected chi connectivity index (χ3v) is 5.12. The average Bonchev–Trinajstić information content (AvgIpc) is 3.14. The van der Waals surface area contributed by atoms with Gasteiger partial charge in [-0.2, -0.15) is 9.78 Å². The van der Waals surface area contributed by atoms with Gasteiger partial charge in [-0.05, 0) is 33.4 Å². The summed E-state index contributed by atoms with van der Waals surface area (Å²) in [5.41, 5.74) is 0.679. The molecule has 3 aromatic rings. The minimum absolute atomic E-state index is 0.164. The molecule has 0 spiro atoms. The number of carbonyl (C=O) groups excluding carboxylic acids is 1. The van der Waals surface area contributed by atoms with Gasteiger partial charge in [-0.25, -0.2) is 9.97 Å². The molecule has 0 unspecified atom stereocenters. The summed E-state index contributed by atoms with van der Waals surface area (Å²) in [5.74, 6) is 0.749. The predicted octanol–water partition coefficient (Wildman–Crippen LogP) is 4.04. The number of thiophene rings is 1. The highest BCUT2D eigenvalue weighted by molar-refractivity contribution is 9.10. The van der Waals surface area contributed by atoms with Crippen LogP contribution in [0, 0.1) is 0 Å². The lowest BCUT2D eigenvalue weighted by Gasteiger charge is -2.13. The summed E-state index contributed by atoms with van der Waals surface area (Å²) in [6.45, 7) is 6.19. The van der Waals surface area contributed by atoms with E-state index in [1.807, 2.05) is 17.5 Å². The number of carbonyl (C=O) groups is 1. The number of rotatable bonds is 3. The number of hydrogen-bond donors (Lipinski definition) is 1. The number of nitrogens with one attached hydrogen (secondary N) is 1. The third-order valence-electron chi connectivity index (χ3n) is 3.28. The van der Waals surface area contributed by atoms with Crippen LogP contribution >= 0.6 is 27.3 Å². The Morgan fingerprint density at radius 3 is 2.58 bits per heavy atom. The molecular weight excluding hydrogens is 390 g/mol. The van der Waals surface area contributed by atoms with Gasteiger partial charge >= 0.3 is 0 Å². The monoisotopic (exact) mass is 405 g/mol. The zero-order valence-corrected chi connectivity index (χ0v) is 15.8. The third kappa shape index (κ3) is 3.39. The van der Waals surface area contributed by atoms with Gasteiger partial charge in [-0.15, -0.1) is 11.3 Å². The largest absolute Gasteiger partial charge is 0.306 e. The van der Waals surface area contributed by atoms with E-state index in [4.69, 9.17) is 0 Å². The number of halogens is 1. The number of hydrogen-bond acceptors (Lipinski definition) is 5. The minimum Gasteiger partial charge on any atom is -0.306 e. The van der Waals surface area contributed by atoms with Crippen molar-refractivity contribution >= 4 is 39.0 Å². The molecule has 3 aromatic heterocycles. The summed E-state index contributed by atoms with van der Waals surface area (Å²) in [4.78, 5) is 21.6. The summed E-state index contributed by atoms with van der Waals surface area (Å²) in [6, 6.07) is 5.44. The van der Waals surface area contributed by atoms with Crippen molar-refractivity contribution in [2.75, 3.05) is 5.32 Å². The molecule has 3 heterocycles. The molecule has 1 amide bonds. The second-order valence-electron chi connectivity index (χ2n) is 6.18. The normalized spacial score (nSPS) is 11.5. The molecule has 0 aliphatic rings. The molecule has 0 aromatic carbocycles. The van der Waals surface area contributed by atoms with E-state index in [1.165, 1.54) is 11.3 Å². The summed E-state index contributed by atoms with van der Waals surface area (Å²) in [6.07, 6.45) is 3.28. The first-order chi connectivity index (χ1) is 11.4. The van der Waals surface area contributed by atoms with Gasteiger partial charge in [0.2, 0.25) is 0 Å². The van der Waals surface area contributed by atoms with Crippen LogP contribution in [0.2, 0.25) is 0 Å². The van der Waals surface area contributed by atoms with Crippen LogP contribution < -0.4 is 5.32 Å². The van der Waals surface area contributed by atoms with Crippen molar-refractivity contribution in [2.24, 2.45) is 0 Å². The van der Waals surface area contributed by atoms with E-state index >= 15 is 0 Å². The van der Waals surface area contributed by atoms with E-state index < -0.39 is 0 Å². The highest BCUT2D eigenvalue weighted by Crippen LogP contribution is 2.27. The van der Waals surface area contributed by atoms with E-state index in [2.05, 4.69) is 57.1 Å². The Hall–Kier alpha value is -2.06. The molecular formula is C16H16BrN5OS. The number of anilines is 1. The Kier molecular flexibility index (Phi) is 4.51. The summed E-state index contributed by atoms with van der Waals surface area (Å²) < 4.78 is 2.32. The molecule has 6 nitrogen and oxygen atoms in total. The molecule has 0 bridgehead atoms. The number of aromatic nitrogens is 4. The lowest BCUT2D eigenvalue weighted by atomic mass is 9.92. The second-order valence-corrected chi connectivity index (χ2v) is 7.95. The topological polar surface area (TPSA) is 72.7 Å². The van der Waals surface area contributed by atoms with Crippen molar-refractivity contribution in [3.63, 3.8) is 0 Å². The molecule has 8 heteroatoms. The van der Waals surface area contributed by atoms with Gasteiger partial charge < -0.3 is 5.32 Å². The van der Waals surface area contributed by atoms with Gasteiger partial charge in [0.25, 0.3) is 11.9 Å². The highest BCUT2D eigenvalue weighted by atomic mass is 79.9. The predicted molar refractivity (Wildman–Crippen MR) is 97.8 cm³/mol. The SMILES string of the molecule is CC(C)(C)c1cc(NC(=O)c2sccc2Br)n(-c2ncccn2)n1. The van der Waals surface area contributed by atoms with Gasteiger partial charge in [0.15, 0.2) is 0 Å². The maximum atomic E-state index is 12.5. The summed E-state index contributed by atoms with van der Waals surface area (Å²) in [7, 11) is 0. The molecule has 124 valence electrons. The first-order valence-corrected chi connectivity index (χ1v) is 8.96. The Morgan fingerprint density at radius 2 is 2.00 bits per heavy atom. The van der Waals surface area contributed by atoms with Gasteiger partial charge in [-0.1, -0.05) is 20.8 Å². The molecule has 0 aliphatic carbocycles. The zero-order chi connectivity index (χ0) is 17.3. The van der Waals surface area contributed by atoms with Crippen LogP contribution in [-0.2, 0) is 5.41 Å². The highest BCUT2D eigenvalue weighted by Gasteiger charge is 2.23. The van der Waals surface area contributed by atoms with E-state index in [0.717, 1.165) is 10.2 Å². The molecule has 0 atom stereocenters. The van der Waals surface area contributed by atoms with E-state index in [9.17, 15) is 4.79 Å². The first kappa shape index (κ1) is 16.8. The van der Waals surface area contributed by atoms with Crippen molar-refractivity contribution in [2.45, 2.75) is 26.2 Å². The maximum Gasteiger partial charge on any atom is 0.268 e. The smallest absolute Gasteiger partial charge is 0.268 e. The standard InChI is InChI=1S/C16H16BrN5OS/c1-16(2,3)11-9-12(20-14(23)13-10(17)5-8-24-13)22(21-11)15-18-6-4-7-19-15/h4-9H,1-3H3,(H,20,23). The fraction of sp³-hybridized carbons (Fsp3) is 0.250. The Bertz CT molecular complexity index is 866. The number of amides is 1. The Morgan fingerprint density at radius 1 is 1.29 bits per heavy atom. The lowest BCUT2D eigenvalue weighted by Crippen LogP contribution is -2.15. The lowest BCUT2D eigenvalue weighted by molar-refractivity contribution is 0.102. The number of nitrogens with zero attached hydrogens (tertiary/aromatic N) is 4. The van der Waals surface area contributed by atoms with Crippen LogP contribution in [0.1, 0.15) is 36.1 Å². The maximum absolute atomic E-state index is 12.5. The van der Waals surface area contributed by atoms with Crippen molar-refractivity contribution in [3.8, 4) is 5.95 Å². The zero-order valence-electron chi connectivity index (χ0n) is 13.4. The average molecular weight is 406 g/mol. The van der Waals surface area contributed by atoms with Gasteiger partial charge in [0, 0.05) is 28.3 Å². The van der Waals surface area contributed by atoms with Crippen molar-refractivity contribution < 1.29 is 4.79 Å². The summed E-state index contributed by atoms with van der Waals surface area (Å²) in [5, 5.41) is 9.34. The second kappa shape index (κ2) is 6.45. The van der Waals surface area contributed by atoms with E-state index in [-0.39, 0.29) is 11.3 Å². The summed E-state index contributed by atoms with van der Waals surface area (Å²) >= 11 is 4.75. The molecule has 0 saturated carbocycles. The molecule has 1 N–H and O–H groups in total. The fourth-order valence-corrected chi connectivity index (χ4v) is 3.47. The molecule has 3 rings (SSSR count). The van der Waals surface area contributed by atoms with E-state index in [0.29, 0.717) is 16.6 Å². The Balaban J connectivity index is 2.01. The molecule has 24 heavy (non-hydrogen) atoms. The minimum atomic E-state index is -0.200.